The Kier molecular flexibility index (Phi) is 6.71. The number of amides is 1. The predicted octanol–water partition coefficient (Wildman–Crippen LogP) is 4.36. The second kappa shape index (κ2) is 8.78. The van der Waals surface area contributed by atoms with Crippen molar-refractivity contribution in [2.75, 3.05) is 6.61 Å². The SMILES string of the molecule is O=C(CCCOc1ccc(Cl)cc1Cl)N/N=C\c1cccs1. The number of benzene rings is 1. The Balaban J connectivity index is 1.64. The fourth-order valence-corrected chi connectivity index (χ4v) is 2.64. The minimum atomic E-state index is -0.154. The van der Waals surface area contributed by atoms with Gasteiger partial charge in [-0.15, -0.1) is 11.3 Å². The molecule has 1 heterocycles. The number of hydrogen-bond donors (Lipinski definition) is 1. The first-order valence-corrected chi connectivity index (χ1v) is 8.22. The van der Waals surface area contributed by atoms with Crippen LogP contribution >= 0.6 is 34.5 Å². The molecule has 1 amide bonds. The smallest absolute Gasteiger partial charge is 0.240 e. The van der Waals surface area contributed by atoms with Gasteiger partial charge in [-0.3, -0.25) is 4.79 Å². The van der Waals surface area contributed by atoms with Gasteiger partial charge in [0.1, 0.15) is 5.75 Å². The third-order valence-corrected chi connectivity index (χ3v) is 3.96. The molecule has 0 radical (unpaired) electrons. The summed E-state index contributed by atoms with van der Waals surface area (Å²) in [7, 11) is 0. The van der Waals surface area contributed by atoms with Gasteiger partial charge in [0.05, 0.1) is 17.8 Å². The van der Waals surface area contributed by atoms with Crippen LogP contribution < -0.4 is 10.2 Å². The molecule has 1 aromatic carbocycles. The number of thiophene rings is 1. The van der Waals surface area contributed by atoms with E-state index < -0.39 is 0 Å². The molecule has 7 heteroatoms. The highest BCUT2D eigenvalue weighted by atomic mass is 35.5. The van der Waals surface area contributed by atoms with E-state index in [0.717, 1.165) is 4.88 Å². The molecule has 0 aliphatic rings. The van der Waals surface area contributed by atoms with Crippen molar-refractivity contribution in [3.8, 4) is 5.75 Å². The lowest BCUT2D eigenvalue weighted by atomic mass is 10.3. The second-order valence-electron chi connectivity index (χ2n) is 4.34. The fourth-order valence-electron chi connectivity index (χ4n) is 1.60. The monoisotopic (exact) mass is 356 g/mol. The van der Waals surface area contributed by atoms with E-state index in [1.165, 1.54) is 0 Å². The number of carbonyl (C=O) groups excluding carboxylic acids is 1. The summed E-state index contributed by atoms with van der Waals surface area (Å²) in [5.41, 5.74) is 2.48. The molecule has 116 valence electrons. The Hall–Kier alpha value is -1.56. The van der Waals surface area contributed by atoms with E-state index in [9.17, 15) is 4.79 Å². The summed E-state index contributed by atoms with van der Waals surface area (Å²) in [6, 6.07) is 8.87. The van der Waals surface area contributed by atoms with Gasteiger partial charge in [-0.25, -0.2) is 5.43 Å². The maximum Gasteiger partial charge on any atom is 0.240 e. The highest BCUT2D eigenvalue weighted by Crippen LogP contribution is 2.27. The summed E-state index contributed by atoms with van der Waals surface area (Å²) in [4.78, 5) is 12.6. The van der Waals surface area contributed by atoms with Crippen LogP contribution in [0.2, 0.25) is 10.0 Å². The van der Waals surface area contributed by atoms with E-state index >= 15 is 0 Å². The summed E-state index contributed by atoms with van der Waals surface area (Å²) < 4.78 is 5.50. The first-order valence-electron chi connectivity index (χ1n) is 6.58. The lowest BCUT2D eigenvalue weighted by Crippen LogP contribution is -2.17. The van der Waals surface area contributed by atoms with Crippen LogP contribution in [0.5, 0.6) is 5.75 Å². The zero-order chi connectivity index (χ0) is 15.8. The number of nitrogens with zero attached hydrogens (tertiary/aromatic N) is 1. The number of ether oxygens (including phenoxy) is 1. The quantitative estimate of drug-likeness (QED) is 0.455. The van der Waals surface area contributed by atoms with Gasteiger partial charge in [0.15, 0.2) is 0 Å². The standard InChI is InChI=1S/C15H14Cl2N2O2S/c16-11-5-6-14(13(17)9-11)21-7-1-4-15(20)19-18-10-12-3-2-8-22-12/h2-3,5-6,8-10H,1,4,7H2,(H,19,20)/b18-10-. The highest BCUT2D eigenvalue weighted by molar-refractivity contribution is 7.11. The van der Waals surface area contributed by atoms with Gasteiger partial charge in [0.2, 0.25) is 5.91 Å². The normalized spacial score (nSPS) is 10.8. The molecule has 0 aliphatic carbocycles. The minimum Gasteiger partial charge on any atom is -0.492 e. The third kappa shape index (κ3) is 5.67. The van der Waals surface area contributed by atoms with Crippen LogP contribution in [0.1, 0.15) is 17.7 Å². The van der Waals surface area contributed by atoms with E-state index in [4.69, 9.17) is 27.9 Å². The summed E-state index contributed by atoms with van der Waals surface area (Å²) in [6.45, 7) is 0.392. The van der Waals surface area contributed by atoms with Crippen LogP contribution in [-0.4, -0.2) is 18.7 Å². The van der Waals surface area contributed by atoms with Crippen molar-refractivity contribution in [2.45, 2.75) is 12.8 Å². The van der Waals surface area contributed by atoms with Crippen molar-refractivity contribution in [3.63, 3.8) is 0 Å². The number of hydrazone groups is 1. The van der Waals surface area contributed by atoms with Crippen molar-refractivity contribution in [3.05, 3.63) is 50.6 Å². The van der Waals surface area contributed by atoms with E-state index in [2.05, 4.69) is 10.5 Å². The van der Waals surface area contributed by atoms with Crippen molar-refractivity contribution in [1.29, 1.82) is 0 Å². The molecule has 22 heavy (non-hydrogen) atoms. The Labute approximate surface area is 142 Å². The van der Waals surface area contributed by atoms with Gasteiger partial charge >= 0.3 is 0 Å². The lowest BCUT2D eigenvalue weighted by molar-refractivity contribution is -0.121. The summed E-state index contributed by atoms with van der Waals surface area (Å²) in [6.07, 6.45) is 2.51. The Bertz CT molecular complexity index is 645. The molecule has 0 aliphatic heterocycles. The van der Waals surface area contributed by atoms with Gasteiger partial charge in [-0.2, -0.15) is 5.10 Å². The molecule has 1 N–H and O–H groups in total. The van der Waals surface area contributed by atoms with Crippen LogP contribution in [0.3, 0.4) is 0 Å². The summed E-state index contributed by atoms with van der Waals surface area (Å²) in [5, 5.41) is 6.84. The molecule has 1 aromatic heterocycles. The van der Waals surface area contributed by atoms with E-state index in [0.29, 0.717) is 35.2 Å². The Morgan fingerprint density at radius 2 is 2.23 bits per heavy atom. The Morgan fingerprint density at radius 1 is 1.36 bits per heavy atom. The lowest BCUT2D eigenvalue weighted by Gasteiger charge is -2.07. The molecule has 0 saturated carbocycles. The number of halogens is 2. The summed E-state index contributed by atoms with van der Waals surface area (Å²) >= 11 is 13.3. The van der Waals surface area contributed by atoms with Crippen molar-refractivity contribution >= 4 is 46.7 Å². The van der Waals surface area contributed by atoms with Crippen LogP contribution in [0, 0.1) is 0 Å². The predicted molar refractivity (Wildman–Crippen MR) is 91.2 cm³/mol. The average Bonchev–Trinajstić information content (AvgIpc) is 2.99. The van der Waals surface area contributed by atoms with Crippen molar-refractivity contribution in [2.24, 2.45) is 5.10 Å². The minimum absolute atomic E-state index is 0.154. The largest absolute Gasteiger partial charge is 0.492 e. The molecular weight excluding hydrogens is 343 g/mol. The van der Waals surface area contributed by atoms with Crippen LogP contribution in [0.15, 0.2) is 40.8 Å². The molecule has 2 aromatic rings. The molecule has 2 rings (SSSR count). The molecule has 4 nitrogen and oxygen atoms in total. The molecule has 0 saturated heterocycles. The van der Waals surface area contributed by atoms with E-state index in [1.807, 2.05) is 17.5 Å². The zero-order valence-corrected chi connectivity index (χ0v) is 13.9. The third-order valence-electron chi connectivity index (χ3n) is 2.62. The topological polar surface area (TPSA) is 50.7 Å². The number of nitrogens with one attached hydrogen (secondary N) is 1. The second-order valence-corrected chi connectivity index (χ2v) is 6.16. The van der Waals surface area contributed by atoms with Crippen molar-refractivity contribution < 1.29 is 9.53 Å². The number of hydrogen-bond acceptors (Lipinski definition) is 4. The van der Waals surface area contributed by atoms with Crippen LogP contribution in [0.4, 0.5) is 0 Å². The fraction of sp³-hybridized carbons (Fsp3) is 0.200. The molecule has 0 unspecified atom stereocenters. The maximum atomic E-state index is 11.6. The van der Waals surface area contributed by atoms with E-state index in [-0.39, 0.29) is 5.91 Å². The Morgan fingerprint density at radius 3 is 2.95 bits per heavy atom. The van der Waals surface area contributed by atoms with Crippen LogP contribution in [-0.2, 0) is 4.79 Å². The van der Waals surface area contributed by atoms with Gasteiger partial charge in [-0.05, 0) is 36.1 Å². The summed E-state index contributed by atoms with van der Waals surface area (Å²) in [5.74, 6) is 0.404. The van der Waals surface area contributed by atoms with Gasteiger partial charge < -0.3 is 4.74 Å². The molecule has 0 spiro atoms. The van der Waals surface area contributed by atoms with Gasteiger partial charge in [0, 0.05) is 16.3 Å². The molecular formula is C15H14Cl2N2O2S. The van der Waals surface area contributed by atoms with Crippen molar-refractivity contribution in [1.82, 2.24) is 5.43 Å². The zero-order valence-electron chi connectivity index (χ0n) is 11.6. The van der Waals surface area contributed by atoms with Gasteiger partial charge in [-0.1, -0.05) is 29.3 Å². The van der Waals surface area contributed by atoms with Crippen LogP contribution in [0.25, 0.3) is 0 Å². The van der Waals surface area contributed by atoms with E-state index in [1.54, 1.807) is 35.8 Å². The highest BCUT2D eigenvalue weighted by Gasteiger charge is 2.04. The molecule has 0 fully saturated rings. The molecule has 0 atom stereocenters. The number of carbonyl (C=O) groups is 1. The molecule has 0 bridgehead atoms. The number of rotatable bonds is 7. The van der Waals surface area contributed by atoms with Gasteiger partial charge in [0.25, 0.3) is 0 Å². The first kappa shape index (κ1) is 16.8. The average molecular weight is 357 g/mol. The first-order chi connectivity index (χ1) is 10.6. The maximum absolute atomic E-state index is 11.6.